The molecule has 7 heteroatoms. The number of likely N-dealkylation sites (N-methyl/N-ethyl adjacent to an activating group) is 1. The minimum Gasteiger partial charge on any atom is -0.379 e. The number of carbonyl (C=O) groups excluding carboxylic acids is 2. The van der Waals surface area contributed by atoms with Crippen LogP contribution in [0.5, 0.6) is 0 Å². The van der Waals surface area contributed by atoms with Gasteiger partial charge in [-0.15, -0.1) is 0 Å². The van der Waals surface area contributed by atoms with Crippen LogP contribution in [0.3, 0.4) is 0 Å². The predicted octanol–water partition coefficient (Wildman–Crippen LogP) is 1.24. The fourth-order valence-corrected chi connectivity index (χ4v) is 2.08. The maximum Gasteiger partial charge on any atom is 0.249 e. The van der Waals surface area contributed by atoms with Crippen LogP contribution in [-0.4, -0.2) is 63.3 Å². The standard InChI is InChI=1S/C18H29N3O4/c1-5-24-9-10-25-14(2)18(23)19-12-15-7-6-8-16(11-15)20-17(22)13-21(3)4/h6-8,11,14H,5,9-10,12-13H2,1-4H3,(H,19,23)(H,20,22). The van der Waals surface area contributed by atoms with Gasteiger partial charge in [0.1, 0.15) is 6.10 Å². The van der Waals surface area contributed by atoms with Gasteiger partial charge in [0.05, 0.1) is 19.8 Å². The number of benzene rings is 1. The number of ether oxygens (including phenoxy) is 2. The van der Waals surface area contributed by atoms with Crippen molar-refractivity contribution in [1.29, 1.82) is 0 Å². The zero-order valence-corrected chi connectivity index (χ0v) is 15.5. The van der Waals surface area contributed by atoms with Crippen LogP contribution in [0.1, 0.15) is 19.4 Å². The summed E-state index contributed by atoms with van der Waals surface area (Å²) in [5.41, 5.74) is 1.61. The Morgan fingerprint density at radius 1 is 1.24 bits per heavy atom. The maximum absolute atomic E-state index is 12.0. The van der Waals surface area contributed by atoms with Crippen LogP contribution in [0.2, 0.25) is 0 Å². The lowest BCUT2D eigenvalue weighted by atomic mass is 10.2. The van der Waals surface area contributed by atoms with E-state index in [1.165, 1.54) is 0 Å². The molecule has 0 fully saturated rings. The van der Waals surface area contributed by atoms with Gasteiger partial charge in [-0.2, -0.15) is 0 Å². The Balaban J connectivity index is 2.42. The van der Waals surface area contributed by atoms with Crippen molar-refractivity contribution in [3.63, 3.8) is 0 Å². The van der Waals surface area contributed by atoms with Crippen molar-refractivity contribution >= 4 is 17.5 Å². The lowest BCUT2D eigenvalue weighted by Gasteiger charge is -2.14. The van der Waals surface area contributed by atoms with E-state index in [-0.39, 0.29) is 11.8 Å². The van der Waals surface area contributed by atoms with Gasteiger partial charge in [-0.3, -0.25) is 9.59 Å². The summed E-state index contributed by atoms with van der Waals surface area (Å²) in [6.07, 6.45) is -0.538. The molecule has 0 aliphatic rings. The summed E-state index contributed by atoms with van der Waals surface area (Å²) in [6, 6.07) is 7.39. The number of anilines is 1. The van der Waals surface area contributed by atoms with Crippen molar-refractivity contribution in [2.24, 2.45) is 0 Å². The van der Waals surface area contributed by atoms with E-state index in [2.05, 4.69) is 10.6 Å². The Morgan fingerprint density at radius 3 is 2.68 bits per heavy atom. The molecule has 0 aliphatic carbocycles. The molecule has 0 aliphatic heterocycles. The monoisotopic (exact) mass is 351 g/mol. The number of hydrogen-bond acceptors (Lipinski definition) is 5. The van der Waals surface area contributed by atoms with Gasteiger partial charge in [0.15, 0.2) is 0 Å². The second-order valence-corrected chi connectivity index (χ2v) is 5.91. The van der Waals surface area contributed by atoms with Crippen LogP contribution in [0, 0.1) is 0 Å². The highest BCUT2D eigenvalue weighted by Crippen LogP contribution is 2.10. The lowest BCUT2D eigenvalue weighted by Crippen LogP contribution is -2.34. The van der Waals surface area contributed by atoms with Crippen molar-refractivity contribution in [3.05, 3.63) is 29.8 Å². The van der Waals surface area contributed by atoms with Crippen LogP contribution in [0.15, 0.2) is 24.3 Å². The third-order valence-corrected chi connectivity index (χ3v) is 3.31. The zero-order valence-electron chi connectivity index (χ0n) is 15.5. The quantitative estimate of drug-likeness (QED) is 0.587. The van der Waals surface area contributed by atoms with Gasteiger partial charge in [-0.1, -0.05) is 12.1 Å². The fraction of sp³-hybridized carbons (Fsp3) is 0.556. The minimum absolute atomic E-state index is 0.0810. The molecule has 0 saturated carbocycles. The van der Waals surface area contributed by atoms with Crippen molar-refractivity contribution in [1.82, 2.24) is 10.2 Å². The van der Waals surface area contributed by atoms with E-state index >= 15 is 0 Å². The van der Waals surface area contributed by atoms with E-state index < -0.39 is 6.10 Å². The highest BCUT2D eigenvalue weighted by atomic mass is 16.5. The number of amides is 2. The zero-order chi connectivity index (χ0) is 18.7. The van der Waals surface area contributed by atoms with Gasteiger partial charge in [-0.05, 0) is 45.6 Å². The van der Waals surface area contributed by atoms with Crippen LogP contribution in [0.4, 0.5) is 5.69 Å². The topological polar surface area (TPSA) is 79.9 Å². The van der Waals surface area contributed by atoms with E-state index in [1.807, 2.05) is 45.3 Å². The number of carbonyl (C=O) groups is 2. The van der Waals surface area contributed by atoms with Crippen LogP contribution < -0.4 is 10.6 Å². The first kappa shape index (κ1) is 21.1. The summed E-state index contributed by atoms with van der Waals surface area (Å²) >= 11 is 0. The van der Waals surface area contributed by atoms with Gasteiger partial charge in [-0.25, -0.2) is 0 Å². The Morgan fingerprint density at radius 2 is 2.00 bits per heavy atom. The molecule has 2 N–H and O–H groups in total. The van der Waals surface area contributed by atoms with Crippen molar-refractivity contribution in [2.45, 2.75) is 26.5 Å². The molecular formula is C18H29N3O4. The van der Waals surface area contributed by atoms with E-state index in [9.17, 15) is 9.59 Å². The predicted molar refractivity (Wildman–Crippen MR) is 97.4 cm³/mol. The number of nitrogens with one attached hydrogen (secondary N) is 2. The van der Waals surface area contributed by atoms with E-state index in [4.69, 9.17) is 9.47 Å². The summed E-state index contributed by atoms with van der Waals surface area (Å²) in [5.74, 6) is -0.263. The SMILES string of the molecule is CCOCCOC(C)C(=O)NCc1cccc(NC(=O)CN(C)C)c1. The van der Waals surface area contributed by atoms with Crippen LogP contribution in [0.25, 0.3) is 0 Å². The third-order valence-electron chi connectivity index (χ3n) is 3.31. The molecule has 1 aromatic carbocycles. The minimum atomic E-state index is -0.538. The molecule has 7 nitrogen and oxygen atoms in total. The summed E-state index contributed by atoms with van der Waals surface area (Å²) in [5, 5.41) is 5.66. The van der Waals surface area contributed by atoms with Crippen LogP contribution in [-0.2, 0) is 25.6 Å². The van der Waals surface area contributed by atoms with Gasteiger partial charge >= 0.3 is 0 Å². The molecule has 1 unspecified atom stereocenters. The van der Waals surface area contributed by atoms with E-state index in [1.54, 1.807) is 11.8 Å². The lowest BCUT2D eigenvalue weighted by molar-refractivity contribution is -0.132. The summed E-state index contributed by atoms with van der Waals surface area (Å²) in [4.78, 5) is 25.6. The highest BCUT2D eigenvalue weighted by Gasteiger charge is 2.12. The normalized spacial score (nSPS) is 12.0. The Hall–Kier alpha value is -1.96. The molecule has 0 bridgehead atoms. The first-order valence-corrected chi connectivity index (χ1v) is 8.43. The smallest absolute Gasteiger partial charge is 0.249 e. The second kappa shape index (κ2) is 11.6. The Bertz CT molecular complexity index is 549. The van der Waals surface area contributed by atoms with Gasteiger partial charge in [0.25, 0.3) is 0 Å². The summed E-state index contributed by atoms with van der Waals surface area (Å²) in [6.45, 7) is 5.79. The molecule has 2 amide bonds. The summed E-state index contributed by atoms with van der Waals surface area (Å²) in [7, 11) is 3.67. The second-order valence-electron chi connectivity index (χ2n) is 5.91. The molecule has 1 aromatic rings. The number of hydrogen-bond donors (Lipinski definition) is 2. The molecule has 0 radical (unpaired) electrons. The van der Waals surface area contributed by atoms with Gasteiger partial charge in [0.2, 0.25) is 11.8 Å². The van der Waals surface area contributed by atoms with Crippen molar-refractivity contribution in [3.8, 4) is 0 Å². The molecule has 0 saturated heterocycles. The van der Waals surface area contributed by atoms with Crippen molar-refractivity contribution in [2.75, 3.05) is 45.8 Å². The highest BCUT2D eigenvalue weighted by molar-refractivity contribution is 5.92. The molecular weight excluding hydrogens is 322 g/mol. The average molecular weight is 351 g/mol. The molecule has 140 valence electrons. The van der Waals surface area contributed by atoms with Crippen molar-refractivity contribution < 1.29 is 19.1 Å². The van der Waals surface area contributed by atoms with E-state index in [0.29, 0.717) is 38.6 Å². The third kappa shape index (κ3) is 9.19. The first-order valence-electron chi connectivity index (χ1n) is 8.43. The first-order chi connectivity index (χ1) is 11.9. The Kier molecular flexibility index (Phi) is 9.76. The molecule has 1 atom stereocenters. The van der Waals surface area contributed by atoms with Gasteiger partial charge < -0.3 is 25.0 Å². The molecule has 0 spiro atoms. The molecule has 1 rings (SSSR count). The Labute approximate surface area is 149 Å². The van der Waals surface area contributed by atoms with Gasteiger partial charge in [0, 0.05) is 18.8 Å². The van der Waals surface area contributed by atoms with Crippen LogP contribution >= 0.6 is 0 Å². The summed E-state index contributed by atoms with van der Waals surface area (Å²) < 4.78 is 10.6. The number of rotatable bonds is 11. The molecule has 25 heavy (non-hydrogen) atoms. The maximum atomic E-state index is 12.0. The molecule has 0 aromatic heterocycles. The largest absolute Gasteiger partial charge is 0.379 e. The van der Waals surface area contributed by atoms with E-state index in [0.717, 1.165) is 5.56 Å². The number of nitrogens with zero attached hydrogens (tertiary/aromatic N) is 1. The molecule has 0 heterocycles. The fourth-order valence-electron chi connectivity index (χ4n) is 2.08. The average Bonchev–Trinajstić information content (AvgIpc) is 2.56.